The third-order valence-electron chi connectivity index (χ3n) is 11.0. The first kappa shape index (κ1) is 33.8. The van der Waals surface area contributed by atoms with Crippen molar-refractivity contribution >= 4 is 38.5 Å². The zero-order valence-electron chi connectivity index (χ0n) is 30.8. The van der Waals surface area contributed by atoms with Crippen molar-refractivity contribution < 1.29 is 4.42 Å². The molecule has 7 aromatic carbocycles. The van der Waals surface area contributed by atoms with Gasteiger partial charge in [-0.2, -0.15) is 5.26 Å². The lowest BCUT2D eigenvalue weighted by atomic mass is 9.90. The monoisotopic (exact) mass is 709 g/mol. The van der Waals surface area contributed by atoms with Crippen LogP contribution in [0.2, 0.25) is 0 Å². The third-order valence-corrected chi connectivity index (χ3v) is 11.0. The minimum Gasteiger partial charge on any atom is -0.456 e. The van der Waals surface area contributed by atoms with Crippen LogP contribution in [-0.2, 0) is 0 Å². The molecule has 9 aromatic rings. The molecule has 0 saturated heterocycles. The minimum atomic E-state index is 0.112. The molecule has 0 fully saturated rings. The van der Waals surface area contributed by atoms with Crippen LogP contribution in [0.25, 0.3) is 77.2 Å². The Balaban J connectivity index is 1.01. The Morgan fingerprint density at radius 1 is 0.564 bits per heavy atom. The van der Waals surface area contributed by atoms with E-state index in [2.05, 4.69) is 153 Å². The second kappa shape index (κ2) is 14.5. The van der Waals surface area contributed by atoms with Crippen LogP contribution >= 0.6 is 0 Å². The highest BCUT2D eigenvalue weighted by Gasteiger charge is 2.20. The molecule has 4 heteroatoms. The van der Waals surface area contributed by atoms with Crippen molar-refractivity contribution in [3.63, 3.8) is 0 Å². The summed E-state index contributed by atoms with van der Waals surface area (Å²) in [6, 6.07) is 59.8. The zero-order chi connectivity index (χ0) is 37.3. The van der Waals surface area contributed by atoms with Crippen molar-refractivity contribution in [3.05, 3.63) is 181 Å². The molecular weight excluding hydrogens is 671 g/mol. The number of benzene rings is 7. The first-order valence-electron chi connectivity index (χ1n) is 18.9. The van der Waals surface area contributed by atoms with E-state index in [1.165, 1.54) is 33.0 Å². The number of hydrogen-bond donors (Lipinski definition) is 1. The van der Waals surface area contributed by atoms with E-state index in [9.17, 15) is 5.26 Å². The number of furan rings is 1. The molecular formula is C51H39N3O. The molecule has 0 aliphatic carbocycles. The molecule has 4 nitrogen and oxygen atoms in total. The predicted molar refractivity (Wildman–Crippen MR) is 228 cm³/mol. The van der Waals surface area contributed by atoms with Gasteiger partial charge in [0.1, 0.15) is 17.0 Å². The fraction of sp³-hybridized carbons (Fsp3) is 0.0980. The summed E-state index contributed by atoms with van der Waals surface area (Å²) in [7, 11) is 0. The van der Waals surface area contributed by atoms with Gasteiger partial charge in [0.25, 0.3) is 0 Å². The zero-order valence-corrected chi connectivity index (χ0v) is 30.8. The number of pyridine rings is 1. The standard InChI is InChI=1S/C51H39N3O/c1-3-33(2)51(54-50-25-22-44(32-53-50)35-8-5-4-6-9-35)43-11-7-10-38(26-43)39-18-16-37-17-19-40(28-45(37)27-39)42-21-24-49-47(30-42)46-29-41(20-23-48(46)55-49)36-14-12-34(31-52)13-15-36/h4-30,32-33,51H,3H2,1-2H3,(H,53,54)/t33-,51?/m1/s1. The van der Waals surface area contributed by atoms with E-state index in [1.54, 1.807) is 0 Å². The van der Waals surface area contributed by atoms with Crippen LogP contribution in [0.3, 0.4) is 0 Å². The lowest BCUT2D eigenvalue weighted by Crippen LogP contribution is -2.19. The molecule has 2 atom stereocenters. The molecule has 0 radical (unpaired) electrons. The maximum atomic E-state index is 9.23. The number of nitrogens with zero attached hydrogens (tertiary/aromatic N) is 2. The summed E-state index contributed by atoms with van der Waals surface area (Å²) in [4.78, 5) is 4.81. The predicted octanol–water partition coefficient (Wildman–Crippen LogP) is 13.9. The van der Waals surface area contributed by atoms with Gasteiger partial charge in [0.15, 0.2) is 0 Å². The van der Waals surface area contributed by atoms with Crippen LogP contribution in [0.1, 0.15) is 37.4 Å². The van der Waals surface area contributed by atoms with E-state index in [-0.39, 0.29) is 6.04 Å². The molecule has 55 heavy (non-hydrogen) atoms. The molecule has 1 N–H and O–H groups in total. The molecule has 0 saturated carbocycles. The smallest absolute Gasteiger partial charge is 0.135 e. The largest absolute Gasteiger partial charge is 0.456 e. The van der Waals surface area contributed by atoms with Crippen molar-refractivity contribution in [2.24, 2.45) is 5.92 Å². The molecule has 2 aromatic heterocycles. The summed E-state index contributed by atoms with van der Waals surface area (Å²) >= 11 is 0. The summed E-state index contributed by atoms with van der Waals surface area (Å²) in [5, 5.41) is 17.6. The van der Waals surface area contributed by atoms with Crippen molar-refractivity contribution in [1.29, 1.82) is 5.26 Å². The normalized spacial score (nSPS) is 12.5. The number of hydrogen-bond acceptors (Lipinski definition) is 4. The summed E-state index contributed by atoms with van der Waals surface area (Å²) < 4.78 is 6.26. The van der Waals surface area contributed by atoms with Crippen LogP contribution in [0, 0.1) is 17.2 Å². The minimum absolute atomic E-state index is 0.112. The number of nitriles is 1. The first-order valence-corrected chi connectivity index (χ1v) is 18.9. The molecule has 0 aliphatic heterocycles. The Bertz CT molecular complexity index is 2850. The van der Waals surface area contributed by atoms with Gasteiger partial charge in [0.05, 0.1) is 17.7 Å². The number of fused-ring (bicyclic) bond motifs is 4. The molecule has 9 rings (SSSR count). The van der Waals surface area contributed by atoms with Gasteiger partial charge >= 0.3 is 0 Å². The molecule has 264 valence electrons. The van der Waals surface area contributed by atoms with Gasteiger partial charge < -0.3 is 9.73 Å². The highest BCUT2D eigenvalue weighted by Crippen LogP contribution is 2.37. The Labute approximate surface area is 321 Å². The second-order valence-electron chi connectivity index (χ2n) is 14.4. The van der Waals surface area contributed by atoms with Crippen LogP contribution < -0.4 is 5.32 Å². The van der Waals surface area contributed by atoms with Gasteiger partial charge in [-0.25, -0.2) is 4.98 Å². The molecule has 0 spiro atoms. The van der Waals surface area contributed by atoms with E-state index in [4.69, 9.17) is 9.40 Å². The molecule has 0 aliphatic rings. The Kier molecular flexibility index (Phi) is 8.90. The third kappa shape index (κ3) is 6.73. The molecule has 2 heterocycles. The number of anilines is 1. The summed E-state index contributed by atoms with van der Waals surface area (Å²) in [6.07, 6.45) is 3.00. The Hall–Kier alpha value is -6.96. The van der Waals surface area contributed by atoms with Crippen molar-refractivity contribution in [1.82, 2.24) is 4.98 Å². The molecule has 0 amide bonds. The van der Waals surface area contributed by atoms with Gasteiger partial charge in [-0.15, -0.1) is 0 Å². The van der Waals surface area contributed by atoms with E-state index in [0.29, 0.717) is 11.5 Å². The van der Waals surface area contributed by atoms with Gasteiger partial charge in [-0.3, -0.25) is 0 Å². The van der Waals surface area contributed by atoms with Crippen LogP contribution in [0.4, 0.5) is 5.82 Å². The van der Waals surface area contributed by atoms with Gasteiger partial charge in [0, 0.05) is 22.5 Å². The van der Waals surface area contributed by atoms with Crippen LogP contribution in [0.15, 0.2) is 174 Å². The lowest BCUT2D eigenvalue weighted by molar-refractivity contribution is 0.481. The summed E-state index contributed by atoms with van der Waals surface area (Å²) in [5.74, 6) is 1.28. The Morgan fingerprint density at radius 3 is 1.76 bits per heavy atom. The summed E-state index contributed by atoms with van der Waals surface area (Å²) in [6.45, 7) is 4.55. The first-order chi connectivity index (χ1) is 27.0. The van der Waals surface area contributed by atoms with Gasteiger partial charge in [-0.1, -0.05) is 117 Å². The Morgan fingerprint density at radius 2 is 1.13 bits per heavy atom. The van der Waals surface area contributed by atoms with Crippen molar-refractivity contribution in [3.8, 4) is 50.6 Å². The fourth-order valence-corrected chi connectivity index (χ4v) is 7.62. The molecule has 1 unspecified atom stereocenters. The SMILES string of the molecule is CC[C@@H](C)C(Nc1ccc(-c2ccccc2)cn1)c1cccc(-c2ccc3ccc(-c4ccc5oc6ccc(-c7ccc(C#N)cc7)cc6c5c4)cc3c2)c1. The lowest BCUT2D eigenvalue weighted by Gasteiger charge is -2.26. The average Bonchev–Trinajstić information content (AvgIpc) is 3.63. The van der Waals surface area contributed by atoms with Crippen LogP contribution in [-0.4, -0.2) is 4.98 Å². The van der Waals surface area contributed by atoms with E-state index < -0.39 is 0 Å². The number of nitrogens with one attached hydrogen (secondary N) is 1. The van der Waals surface area contributed by atoms with Gasteiger partial charge in [0.2, 0.25) is 0 Å². The van der Waals surface area contributed by atoms with Crippen molar-refractivity contribution in [2.75, 3.05) is 5.32 Å². The van der Waals surface area contributed by atoms with E-state index in [0.717, 1.165) is 62.0 Å². The quantitative estimate of drug-likeness (QED) is 0.162. The molecule has 0 bridgehead atoms. The van der Waals surface area contributed by atoms with Crippen molar-refractivity contribution in [2.45, 2.75) is 26.3 Å². The van der Waals surface area contributed by atoms with Gasteiger partial charge in [-0.05, 0) is 128 Å². The maximum absolute atomic E-state index is 9.23. The number of aromatic nitrogens is 1. The van der Waals surface area contributed by atoms with Crippen LogP contribution in [0.5, 0.6) is 0 Å². The summed E-state index contributed by atoms with van der Waals surface area (Å²) in [5.41, 5.74) is 12.7. The maximum Gasteiger partial charge on any atom is 0.135 e. The highest BCUT2D eigenvalue weighted by atomic mass is 16.3. The fourth-order valence-electron chi connectivity index (χ4n) is 7.62. The second-order valence-corrected chi connectivity index (χ2v) is 14.4. The topological polar surface area (TPSA) is 61.9 Å². The van der Waals surface area contributed by atoms with E-state index in [1.807, 2.05) is 42.6 Å². The average molecular weight is 710 g/mol. The number of rotatable bonds is 9. The van der Waals surface area contributed by atoms with E-state index >= 15 is 0 Å². The highest BCUT2D eigenvalue weighted by molar-refractivity contribution is 6.08.